The lowest BCUT2D eigenvalue weighted by atomic mass is 9.98. The average Bonchev–Trinajstić information content (AvgIpc) is 2.98. The topological polar surface area (TPSA) is 123 Å². The summed E-state index contributed by atoms with van der Waals surface area (Å²) < 4.78 is 16.2. The highest BCUT2D eigenvalue weighted by Crippen LogP contribution is 2.20. The SMILES string of the molecule is COc1ccccc1CC(NC(=O)OCc1ccccc1)C(O)C(=O)N[C@@H](CC(C)C)C(=O)OCc1ccccc1. The van der Waals surface area contributed by atoms with Crippen molar-refractivity contribution in [2.24, 2.45) is 5.92 Å². The third-order valence-corrected chi connectivity index (χ3v) is 6.33. The van der Waals surface area contributed by atoms with Crippen molar-refractivity contribution in [2.75, 3.05) is 7.11 Å². The van der Waals surface area contributed by atoms with E-state index >= 15 is 0 Å². The summed E-state index contributed by atoms with van der Waals surface area (Å²) in [5, 5.41) is 16.4. The van der Waals surface area contributed by atoms with Gasteiger partial charge >= 0.3 is 12.1 Å². The van der Waals surface area contributed by atoms with Crippen molar-refractivity contribution in [3.05, 3.63) is 102 Å². The van der Waals surface area contributed by atoms with Gasteiger partial charge in [-0.25, -0.2) is 9.59 Å². The Morgan fingerprint density at radius 3 is 1.93 bits per heavy atom. The molecule has 0 heterocycles. The number of alkyl carbamates (subject to hydrolysis) is 1. The quantitative estimate of drug-likeness (QED) is 0.252. The molecule has 0 spiro atoms. The fourth-order valence-electron chi connectivity index (χ4n) is 4.22. The normalized spacial score (nSPS) is 13.0. The summed E-state index contributed by atoms with van der Waals surface area (Å²) in [5.74, 6) is -0.848. The van der Waals surface area contributed by atoms with Crippen LogP contribution in [0.1, 0.15) is 37.0 Å². The second-order valence-electron chi connectivity index (χ2n) is 10.1. The minimum Gasteiger partial charge on any atom is -0.496 e. The second kappa shape index (κ2) is 16.0. The molecule has 2 amide bonds. The van der Waals surface area contributed by atoms with Crippen molar-refractivity contribution in [2.45, 2.75) is 58.1 Å². The molecule has 0 radical (unpaired) electrons. The van der Waals surface area contributed by atoms with E-state index in [1.807, 2.05) is 74.5 Å². The van der Waals surface area contributed by atoms with Gasteiger partial charge in [-0.3, -0.25) is 4.79 Å². The van der Waals surface area contributed by atoms with E-state index in [-0.39, 0.29) is 25.6 Å². The fraction of sp³-hybridized carbons (Fsp3) is 0.344. The summed E-state index contributed by atoms with van der Waals surface area (Å²) >= 11 is 0. The van der Waals surface area contributed by atoms with Crippen molar-refractivity contribution in [1.82, 2.24) is 10.6 Å². The van der Waals surface area contributed by atoms with Crippen molar-refractivity contribution in [3.63, 3.8) is 0 Å². The molecule has 0 aliphatic rings. The van der Waals surface area contributed by atoms with Gasteiger partial charge in [-0.2, -0.15) is 0 Å². The fourth-order valence-corrected chi connectivity index (χ4v) is 4.22. The molecular formula is C32H38N2O7. The molecule has 2 unspecified atom stereocenters. The summed E-state index contributed by atoms with van der Waals surface area (Å²) in [6.07, 6.45) is -2.15. The lowest BCUT2D eigenvalue weighted by molar-refractivity contribution is -0.150. The van der Waals surface area contributed by atoms with E-state index in [0.29, 0.717) is 17.7 Å². The average molecular weight is 563 g/mol. The van der Waals surface area contributed by atoms with E-state index in [2.05, 4.69) is 10.6 Å². The van der Waals surface area contributed by atoms with Crippen LogP contribution in [-0.2, 0) is 38.7 Å². The molecule has 41 heavy (non-hydrogen) atoms. The zero-order valence-electron chi connectivity index (χ0n) is 23.6. The highest BCUT2D eigenvalue weighted by Gasteiger charge is 2.33. The maximum Gasteiger partial charge on any atom is 0.407 e. The highest BCUT2D eigenvalue weighted by molar-refractivity contribution is 5.87. The minimum atomic E-state index is -1.71. The summed E-state index contributed by atoms with van der Waals surface area (Å²) in [7, 11) is 1.51. The molecule has 0 saturated carbocycles. The molecule has 0 aromatic heterocycles. The van der Waals surface area contributed by atoms with Crippen LogP contribution in [-0.4, -0.2) is 48.4 Å². The molecule has 0 bridgehead atoms. The van der Waals surface area contributed by atoms with Gasteiger partial charge in [0.05, 0.1) is 13.2 Å². The molecule has 9 heteroatoms. The van der Waals surface area contributed by atoms with Gasteiger partial charge in [-0.05, 0) is 41.5 Å². The Morgan fingerprint density at radius 1 is 0.780 bits per heavy atom. The number of aliphatic hydroxyl groups excluding tert-OH is 1. The molecule has 3 rings (SSSR count). The number of aliphatic hydroxyl groups is 1. The van der Waals surface area contributed by atoms with E-state index in [1.165, 1.54) is 7.11 Å². The molecule has 3 aromatic rings. The van der Waals surface area contributed by atoms with Crippen LogP contribution in [0.2, 0.25) is 0 Å². The van der Waals surface area contributed by atoms with Crippen LogP contribution in [0.4, 0.5) is 4.79 Å². The molecular weight excluding hydrogens is 524 g/mol. The zero-order chi connectivity index (χ0) is 29.6. The van der Waals surface area contributed by atoms with Crippen molar-refractivity contribution >= 4 is 18.0 Å². The van der Waals surface area contributed by atoms with Crippen LogP contribution >= 0.6 is 0 Å². The van der Waals surface area contributed by atoms with Gasteiger partial charge in [0.1, 0.15) is 25.0 Å². The number of para-hydroxylation sites is 1. The molecule has 3 atom stereocenters. The maximum atomic E-state index is 13.3. The molecule has 0 aliphatic carbocycles. The standard InChI is InChI=1S/C32H38N2O7/c1-22(2)18-27(31(37)40-20-23-12-6-4-7-13-23)33-30(36)29(35)26(19-25-16-10-11-17-28(25)39-3)34-32(38)41-21-24-14-8-5-9-15-24/h4-17,22,26-27,29,35H,18-21H2,1-3H3,(H,33,36)(H,34,38)/t26?,27-,29?/m0/s1. The zero-order valence-corrected chi connectivity index (χ0v) is 23.6. The van der Waals surface area contributed by atoms with Crippen molar-refractivity contribution < 1.29 is 33.7 Å². The largest absolute Gasteiger partial charge is 0.496 e. The Morgan fingerprint density at radius 2 is 1.34 bits per heavy atom. The smallest absolute Gasteiger partial charge is 0.407 e. The molecule has 0 fully saturated rings. The predicted octanol–water partition coefficient (Wildman–Crippen LogP) is 4.17. The summed E-state index contributed by atoms with van der Waals surface area (Å²) in [5.41, 5.74) is 2.26. The van der Waals surface area contributed by atoms with E-state index in [4.69, 9.17) is 14.2 Å². The molecule has 218 valence electrons. The number of hydrogen-bond acceptors (Lipinski definition) is 7. The summed E-state index contributed by atoms with van der Waals surface area (Å²) in [6, 6.07) is 23.4. The van der Waals surface area contributed by atoms with Crippen molar-refractivity contribution in [3.8, 4) is 5.75 Å². The lowest BCUT2D eigenvalue weighted by Crippen LogP contribution is -2.55. The first kappa shape index (κ1) is 31.2. The van der Waals surface area contributed by atoms with E-state index in [1.54, 1.807) is 24.3 Å². The number of amides is 2. The van der Waals surface area contributed by atoms with Gasteiger partial charge in [0.15, 0.2) is 6.10 Å². The number of carbonyl (C=O) groups excluding carboxylic acids is 3. The molecule has 0 aliphatic heterocycles. The van der Waals surface area contributed by atoms with Gasteiger partial charge < -0.3 is 30.0 Å². The molecule has 0 saturated heterocycles. The Bertz CT molecular complexity index is 1250. The van der Waals surface area contributed by atoms with Gasteiger partial charge in [0.2, 0.25) is 0 Å². The van der Waals surface area contributed by atoms with Crippen LogP contribution in [0.25, 0.3) is 0 Å². The Hall–Kier alpha value is -4.37. The number of benzene rings is 3. The van der Waals surface area contributed by atoms with Crippen molar-refractivity contribution in [1.29, 1.82) is 0 Å². The Balaban J connectivity index is 1.72. The van der Waals surface area contributed by atoms with E-state index < -0.39 is 36.2 Å². The van der Waals surface area contributed by atoms with Crippen LogP contribution in [0.5, 0.6) is 5.75 Å². The Labute approximate surface area is 240 Å². The van der Waals surface area contributed by atoms with Gasteiger partial charge in [-0.15, -0.1) is 0 Å². The second-order valence-corrected chi connectivity index (χ2v) is 10.1. The van der Waals surface area contributed by atoms with Crippen LogP contribution in [0.3, 0.4) is 0 Å². The number of rotatable bonds is 14. The van der Waals surface area contributed by atoms with Crippen LogP contribution in [0, 0.1) is 5.92 Å². The van der Waals surface area contributed by atoms with Gasteiger partial charge in [0, 0.05) is 0 Å². The predicted molar refractivity (Wildman–Crippen MR) is 154 cm³/mol. The molecule has 3 N–H and O–H groups in total. The summed E-state index contributed by atoms with van der Waals surface area (Å²) in [4.78, 5) is 38.9. The first-order chi connectivity index (χ1) is 19.8. The highest BCUT2D eigenvalue weighted by atomic mass is 16.5. The molecule has 3 aromatic carbocycles. The summed E-state index contributed by atoms with van der Waals surface area (Å²) in [6.45, 7) is 3.89. The number of hydrogen-bond donors (Lipinski definition) is 3. The van der Waals surface area contributed by atoms with Crippen LogP contribution < -0.4 is 15.4 Å². The number of carbonyl (C=O) groups is 3. The molecule has 9 nitrogen and oxygen atoms in total. The number of methoxy groups -OCH3 is 1. The third-order valence-electron chi connectivity index (χ3n) is 6.33. The number of nitrogens with one attached hydrogen (secondary N) is 2. The van der Waals surface area contributed by atoms with Crippen LogP contribution in [0.15, 0.2) is 84.9 Å². The third kappa shape index (κ3) is 10.3. The van der Waals surface area contributed by atoms with E-state index in [9.17, 15) is 19.5 Å². The lowest BCUT2D eigenvalue weighted by Gasteiger charge is -2.26. The Kier molecular flexibility index (Phi) is 12.2. The minimum absolute atomic E-state index is 0.0139. The number of esters is 1. The van der Waals surface area contributed by atoms with Gasteiger partial charge in [0.25, 0.3) is 5.91 Å². The maximum absolute atomic E-state index is 13.3. The van der Waals surface area contributed by atoms with Gasteiger partial charge in [-0.1, -0.05) is 92.7 Å². The van der Waals surface area contributed by atoms with E-state index in [0.717, 1.165) is 11.1 Å². The number of ether oxygens (including phenoxy) is 3. The first-order valence-electron chi connectivity index (χ1n) is 13.5. The first-order valence-corrected chi connectivity index (χ1v) is 13.5. The monoisotopic (exact) mass is 562 g/mol.